The number of benzene rings is 1. The molecule has 0 aliphatic carbocycles. The van der Waals surface area contributed by atoms with Crippen molar-refractivity contribution in [1.82, 2.24) is 10.2 Å². The van der Waals surface area contributed by atoms with Gasteiger partial charge in [-0.25, -0.2) is 4.79 Å². The van der Waals surface area contributed by atoms with Crippen LogP contribution in [0.5, 0.6) is 0 Å². The van der Waals surface area contributed by atoms with Gasteiger partial charge in [-0.2, -0.15) is 13.2 Å². The zero-order chi connectivity index (χ0) is 19.5. The van der Waals surface area contributed by atoms with Crippen molar-refractivity contribution in [1.29, 1.82) is 0 Å². The predicted molar refractivity (Wildman–Crippen MR) is 89.7 cm³/mol. The number of nitrogens with zero attached hydrogens (tertiary/aromatic N) is 1. The molecule has 1 unspecified atom stereocenters. The topological polar surface area (TPSA) is 70.7 Å². The molecule has 0 radical (unpaired) electrons. The van der Waals surface area contributed by atoms with E-state index >= 15 is 0 Å². The van der Waals surface area contributed by atoms with Gasteiger partial charge < -0.3 is 20.3 Å². The first-order valence-electron chi connectivity index (χ1n) is 8.15. The molecule has 1 saturated heterocycles. The van der Waals surface area contributed by atoms with Gasteiger partial charge in [0.2, 0.25) is 5.91 Å². The lowest BCUT2D eigenvalue weighted by molar-refractivity contribution is -0.137. The second-order valence-electron chi connectivity index (χ2n) is 7.00. The molecule has 6 nitrogen and oxygen atoms in total. The Hall–Kier alpha value is -2.29. The van der Waals surface area contributed by atoms with E-state index in [2.05, 4.69) is 10.6 Å². The fraction of sp³-hybridized carbons (Fsp3) is 0.529. The Morgan fingerprint density at radius 2 is 1.81 bits per heavy atom. The van der Waals surface area contributed by atoms with Gasteiger partial charge in [0.25, 0.3) is 0 Å². The van der Waals surface area contributed by atoms with Crippen molar-refractivity contribution >= 4 is 17.7 Å². The molecule has 2 amide bonds. The lowest BCUT2D eigenvalue weighted by Crippen LogP contribution is -2.57. The number of nitrogens with one attached hydrogen (secondary N) is 2. The molecule has 2 N–H and O–H groups in total. The van der Waals surface area contributed by atoms with Crippen LogP contribution < -0.4 is 10.6 Å². The van der Waals surface area contributed by atoms with Crippen molar-refractivity contribution < 1.29 is 27.5 Å². The Labute approximate surface area is 149 Å². The molecular weight excluding hydrogens is 351 g/mol. The van der Waals surface area contributed by atoms with E-state index < -0.39 is 35.4 Å². The van der Waals surface area contributed by atoms with E-state index in [1.54, 1.807) is 20.8 Å². The van der Waals surface area contributed by atoms with E-state index in [-0.39, 0.29) is 12.2 Å². The molecule has 0 bridgehead atoms. The number of anilines is 1. The van der Waals surface area contributed by atoms with Gasteiger partial charge >= 0.3 is 12.3 Å². The number of amides is 2. The van der Waals surface area contributed by atoms with Crippen LogP contribution in [0.25, 0.3) is 0 Å². The highest BCUT2D eigenvalue weighted by Gasteiger charge is 2.32. The van der Waals surface area contributed by atoms with Crippen LogP contribution in [0.4, 0.5) is 23.7 Å². The molecule has 1 aliphatic heterocycles. The van der Waals surface area contributed by atoms with Gasteiger partial charge in [0.05, 0.1) is 5.56 Å². The van der Waals surface area contributed by atoms with E-state index in [1.165, 1.54) is 17.0 Å². The average Bonchev–Trinajstić information content (AvgIpc) is 2.53. The van der Waals surface area contributed by atoms with Crippen LogP contribution in [0.3, 0.4) is 0 Å². The summed E-state index contributed by atoms with van der Waals surface area (Å²) < 4.78 is 43.0. The van der Waals surface area contributed by atoms with E-state index in [9.17, 15) is 22.8 Å². The lowest BCUT2D eigenvalue weighted by atomic mass is 10.1. The number of hydrogen-bond donors (Lipinski definition) is 2. The first kappa shape index (κ1) is 20.0. The third-order valence-corrected chi connectivity index (χ3v) is 3.62. The monoisotopic (exact) mass is 373 g/mol. The standard InChI is InChI=1S/C17H22F3N3O3/c1-16(2,3)26-15(25)23-9-8-21-13(10-23)14(24)22-12-6-4-11(5-7-12)17(18,19)20/h4-7,13,21H,8-10H2,1-3H3,(H,22,24). The van der Waals surface area contributed by atoms with Crippen LogP contribution in [0.2, 0.25) is 0 Å². The third kappa shape index (κ3) is 5.62. The molecule has 1 aromatic carbocycles. The van der Waals surface area contributed by atoms with Gasteiger partial charge in [0, 0.05) is 25.3 Å². The molecule has 0 spiro atoms. The summed E-state index contributed by atoms with van der Waals surface area (Å²) in [6.45, 7) is 6.18. The molecule has 0 saturated carbocycles. The lowest BCUT2D eigenvalue weighted by Gasteiger charge is -2.34. The number of rotatable bonds is 2. The number of piperazine rings is 1. The van der Waals surface area contributed by atoms with Crippen molar-refractivity contribution in [2.75, 3.05) is 25.0 Å². The molecule has 1 aliphatic rings. The summed E-state index contributed by atoms with van der Waals surface area (Å²) in [6, 6.07) is 3.50. The first-order chi connectivity index (χ1) is 12.0. The van der Waals surface area contributed by atoms with Gasteiger partial charge in [-0.3, -0.25) is 4.79 Å². The Kier molecular flexibility index (Phi) is 5.80. The smallest absolute Gasteiger partial charge is 0.416 e. The van der Waals surface area contributed by atoms with Gasteiger partial charge in [-0.1, -0.05) is 0 Å². The molecule has 9 heteroatoms. The Morgan fingerprint density at radius 3 is 2.35 bits per heavy atom. The van der Waals surface area contributed by atoms with Crippen LogP contribution in [-0.4, -0.2) is 48.2 Å². The summed E-state index contributed by atoms with van der Waals surface area (Å²) in [7, 11) is 0. The Bertz CT molecular complexity index is 654. The highest BCUT2D eigenvalue weighted by Crippen LogP contribution is 2.29. The number of alkyl halides is 3. The molecule has 1 heterocycles. The van der Waals surface area contributed by atoms with Gasteiger partial charge in [-0.15, -0.1) is 0 Å². The summed E-state index contributed by atoms with van der Waals surface area (Å²) in [5.41, 5.74) is -1.18. The molecule has 1 fully saturated rings. The minimum absolute atomic E-state index is 0.112. The predicted octanol–water partition coefficient (Wildman–Crippen LogP) is 2.85. The molecule has 2 rings (SSSR count). The second kappa shape index (κ2) is 7.53. The molecule has 26 heavy (non-hydrogen) atoms. The largest absolute Gasteiger partial charge is 0.444 e. The minimum atomic E-state index is -4.43. The summed E-state index contributed by atoms with van der Waals surface area (Å²) in [5.74, 6) is -0.432. The van der Waals surface area contributed by atoms with E-state index in [4.69, 9.17) is 4.74 Å². The fourth-order valence-electron chi connectivity index (χ4n) is 2.39. The van der Waals surface area contributed by atoms with Gasteiger partial charge in [0.1, 0.15) is 11.6 Å². The second-order valence-corrected chi connectivity index (χ2v) is 7.00. The molecule has 144 valence electrons. The summed E-state index contributed by atoms with van der Waals surface area (Å²) >= 11 is 0. The van der Waals surface area contributed by atoms with Crippen molar-refractivity contribution in [3.05, 3.63) is 29.8 Å². The van der Waals surface area contributed by atoms with Crippen LogP contribution in [0, 0.1) is 0 Å². The van der Waals surface area contributed by atoms with E-state index in [0.717, 1.165) is 12.1 Å². The maximum Gasteiger partial charge on any atom is 0.416 e. The van der Waals surface area contributed by atoms with Crippen molar-refractivity contribution in [2.45, 2.75) is 38.6 Å². The van der Waals surface area contributed by atoms with Crippen LogP contribution in [0.15, 0.2) is 24.3 Å². The normalized spacial score (nSPS) is 18.4. The first-order valence-corrected chi connectivity index (χ1v) is 8.15. The number of halogens is 3. The molecule has 1 aromatic rings. The number of hydrogen-bond acceptors (Lipinski definition) is 4. The van der Waals surface area contributed by atoms with Crippen molar-refractivity contribution in [3.8, 4) is 0 Å². The summed E-state index contributed by atoms with van der Waals surface area (Å²) in [6.07, 6.45) is -4.94. The number of carbonyl (C=O) groups excluding carboxylic acids is 2. The molecule has 0 aromatic heterocycles. The number of ether oxygens (including phenoxy) is 1. The number of carbonyl (C=O) groups is 2. The van der Waals surface area contributed by atoms with Crippen LogP contribution in [-0.2, 0) is 15.7 Å². The maximum atomic E-state index is 12.6. The highest BCUT2D eigenvalue weighted by molar-refractivity contribution is 5.95. The summed E-state index contributed by atoms with van der Waals surface area (Å²) in [4.78, 5) is 25.9. The molecule has 1 atom stereocenters. The highest BCUT2D eigenvalue weighted by atomic mass is 19.4. The van der Waals surface area contributed by atoms with Gasteiger partial charge in [-0.05, 0) is 45.0 Å². The summed E-state index contributed by atoms with van der Waals surface area (Å²) in [5, 5.41) is 5.53. The van der Waals surface area contributed by atoms with Gasteiger partial charge in [0.15, 0.2) is 0 Å². The van der Waals surface area contributed by atoms with Crippen LogP contribution >= 0.6 is 0 Å². The maximum absolute atomic E-state index is 12.6. The fourth-order valence-corrected chi connectivity index (χ4v) is 2.39. The Morgan fingerprint density at radius 1 is 1.19 bits per heavy atom. The zero-order valence-electron chi connectivity index (χ0n) is 14.8. The minimum Gasteiger partial charge on any atom is -0.444 e. The van der Waals surface area contributed by atoms with E-state index in [0.29, 0.717) is 13.1 Å². The SMILES string of the molecule is CC(C)(C)OC(=O)N1CCNC(C(=O)Nc2ccc(C(F)(F)F)cc2)C1. The zero-order valence-corrected chi connectivity index (χ0v) is 14.8. The van der Waals surface area contributed by atoms with Crippen molar-refractivity contribution in [2.24, 2.45) is 0 Å². The molecular formula is C17H22F3N3O3. The van der Waals surface area contributed by atoms with E-state index in [1.807, 2.05) is 0 Å². The van der Waals surface area contributed by atoms with Crippen molar-refractivity contribution in [3.63, 3.8) is 0 Å². The average molecular weight is 373 g/mol. The Balaban J connectivity index is 1.95. The third-order valence-electron chi connectivity index (χ3n) is 3.62. The quantitative estimate of drug-likeness (QED) is 0.836. The van der Waals surface area contributed by atoms with Crippen LogP contribution in [0.1, 0.15) is 26.3 Å².